The van der Waals surface area contributed by atoms with Crippen molar-refractivity contribution in [3.05, 3.63) is 35.4 Å². The summed E-state index contributed by atoms with van der Waals surface area (Å²) in [6.45, 7) is 6.22. The summed E-state index contributed by atoms with van der Waals surface area (Å²) >= 11 is 0. The van der Waals surface area contributed by atoms with Crippen molar-refractivity contribution >= 4 is 16.0 Å². The number of benzene rings is 1. The zero-order valence-electron chi connectivity index (χ0n) is 15.1. The van der Waals surface area contributed by atoms with Crippen LogP contribution in [0.25, 0.3) is 0 Å². The number of carbonyl (C=O) groups excluding carboxylic acids is 1. The van der Waals surface area contributed by atoms with Crippen LogP contribution in [0, 0.1) is 18.8 Å². The topological polar surface area (TPSA) is 57.7 Å². The normalized spacial score (nSPS) is 24.3. The van der Waals surface area contributed by atoms with E-state index < -0.39 is 10.2 Å². The Balaban J connectivity index is 1.61. The van der Waals surface area contributed by atoms with E-state index in [-0.39, 0.29) is 11.7 Å². The van der Waals surface area contributed by atoms with Gasteiger partial charge in [-0.05, 0) is 38.5 Å². The summed E-state index contributed by atoms with van der Waals surface area (Å²) in [5.74, 6) is 0.488. The zero-order valence-corrected chi connectivity index (χ0v) is 16.0. The van der Waals surface area contributed by atoms with Crippen molar-refractivity contribution in [3.63, 3.8) is 0 Å². The highest BCUT2D eigenvalue weighted by atomic mass is 32.2. The van der Waals surface area contributed by atoms with Crippen molar-refractivity contribution in [1.82, 2.24) is 8.61 Å². The largest absolute Gasteiger partial charge is 0.294 e. The summed E-state index contributed by atoms with van der Waals surface area (Å²) in [5.41, 5.74) is 1.87. The Bertz CT molecular complexity index is 707. The minimum atomic E-state index is -3.38. The molecule has 1 atom stereocenters. The molecule has 0 N–H and O–H groups in total. The summed E-state index contributed by atoms with van der Waals surface area (Å²) in [7, 11) is -3.38. The minimum Gasteiger partial charge on any atom is -0.294 e. The maximum atomic E-state index is 12.8. The summed E-state index contributed by atoms with van der Waals surface area (Å²) in [6, 6.07) is 7.64. The molecule has 0 aliphatic carbocycles. The second-order valence-corrected chi connectivity index (χ2v) is 9.45. The van der Waals surface area contributed by atoms with Crippen LogP contribution in [0.5, 0.6) is 0 Å². The van der Waals surface area contributed by atoms with Gasteiger partial charge >= 0.3 is 0 Å². The average Bonchev–Trinajstić information content (AvgIpc) is 2.62. The van der Waals surface area contributed by atoms with Crippen LogP contribution < -0.4 is 0 Å². The van der Waals surface area contributed by atoms with Crippen molar-refractivity contribution in [2.45, 2.75) is 39.5 Å². The van der Waals surface area contributed by atoms with Gasteiger partial charge in [0.15, 0.2) is 5.78 Å². The van der Waals surface area contributed by atoms with Crippen LogP contribution in [0.2, 0.25) is 0 Å². The molecule has 0 bridgehead atoms. The Hall–Kier alpha value is -1.24. The molecule has 5 nitrogen and oxygen atoms in total. The van der Waals surface area contributed by atoms with Gasteiger partial charge in [0.2, 0.25) is 0 Å². The highest BCUT2D eigenvalue weighted by Crippen LogP contribution is 2.27. The fourth-order valence-electron chi connectivity index (χ4n) is 3.82. The summed E-state index contributed by atoms with van der Waals surface area (Å²) in [6.07, 6.45) is 3.24. The Morgan fingerprint density at radius 3 is 2.24 bits per heavy atom. The molecule has 0 amide bonds. The lowest BCUT2D eigenvalue weighted by molar-refractivity contribution is 0.0872. The molecule has 0 aromatic heterocycles. The molecule has 0 saturated carbocycles. The van der Waals surface area contributed by atoms with Gasteiger partial charge in [-0.2, -0.15) is 17.0 Å². The summed E-state index contributed by atoms with van der Waals surface area (Å²) < 4.78 is 28.9. The standard InChI is InChI=1S/C19H28N2O3S/c1-15-5-7-17(8-6-15)19(22)18-9-12-20(13-10-18)25(23,24)21-11-3-4-16(2)14-21/h5-8,16,18H,3-4,9-14H2,1-2H3/t16-/m0/s1. The van der Waals surface area contributed by atoms with E-state index in [2.05, 4.69) is 6.92 Å². The van der Waals surface area contributed by atoms with E-state index in [1.54, 1.807) is 8.61 Å². The lowest BCUT2D eigenvalue weighted by atomic mass is 9.89. The molecular weight excluding hydrogens is 336 g/mol. The van der Waals surface area contributed by atoms with E-state index in [9.17, 15) is 13.2 Å². The van der Waals surface area contributed by atoms with Gasteiger partial charge in [-0.15, -0.1) is 0 Å². The maximum absolute atomic E-state index is 12.8. The Morgan fingerprint density at radius 1 is 1.00 bits per heavy atom. The maximum Gasteiger partial charge on any atom is 0.281 e. The average molecular weight is 365 g/mol. The number of Topliss-reactive ketones (excluding diaryl/α,β-unsaturated/α-hetero) is 1. The van der Waals surface area contributed by atoms with Crippen LogP contribution in [0.3, 0.4) is 0 Å². The van der Waals surface area contributed by atoms with E-state index in [0.29, 0.717) is 44.9 Å². The van der Waals surface area contributed by atoms with Gasteiger partial charge in [-0.1, -0.05) is 36.8 Å². The fourth-order valence-corrected chi connectivity index (χ4v) is 5.62. The first kappa shape index (κ1) is 18.5. The number of ketones is 1. The van der Waals surface area contributed by atoms with Crippen molar-refractivity contribution in [2.24, 2.45) is 11.8 Å². The molecule has 2 heterocycles. The van der Waals surface area contributed by atoms with Crippen LogP contribution >= 0.6 is 0 Å². The van der Waals surface area contributed by atoms with Crippen molar-refractivity contribution in [1.29, 1.82) is 0 Å². The second-order valence-electron chi connectivity index (χ2n) is 7.52. The van der Waals surface area contributed by atoms with Crippen LogP contribution in [-0.4, -0.2) is 49.0 Å². The van der Waals surface area contributed by atoms with Crippen LogP contribution in [0.15, 0.2) is 24.3 Å². The molecule has 0 radical (unpaired) electrons. The number of piperidine rings is 2. The Kier molecular flexibility index (Phi) is 5.61. The van der Waals surface area contributed by atoms with Gasteiger partial charge in [0.1, 0.15) is 0 Å². The third kappa shape index (κ3) is 4.13. The molecule has 0 spiro atoms. The van der Waals surface area contributed by atoms with Gasteiger partial charge < -0.3 is 0 Å². The molecule has 138 valence electrons. The van der Waals surface area contributed by atoms with Crippen molar-refractivity contribution in [3.8, 4) is 0 Å². The van der Waals surface area contributed by atoms with Gasteiger partial charge in [0, 0.05) is 37.7 Å². The van der Waals surface area contributed by atoms with Crippen molar-refractivity contribution in [2.75, 3.05) is 26.2 Å². The molecule has 2 saturated heterocycles. The van der Waals surface area contributed by atoms with E-state index in [0.717, 1.165) is 24.0 Å². The molecule has 2 fully saturated rings. The molecule has 0 unspecified atom stereocenters. The molecule has 1 aromatic carbocycles. The predicted octanol–water partition coefficient (Wildman–Crippen LogP) is 2.87. The fraction of sp³-hybridized carbons (Fsp3) is 0.632. The molecule has 1 aromatic rings. The molecule has 2 aliphatic rings. The second kappa shape index (κ2) is 7.56. The lowest BCUT2D eigenvalue weighted by Gasteiger charge is -2.37. The number of hydrogen-bond donors (Lipinski definition) is 0. The van der Waals surface area contributed by atoms with Gasteiger partial charge in [0.05, 0.1) is 0 Å². The number of hydrogen-bond acceptors (Lipinski definition) is 3. The number of carbonyl (C=O) groups is 1. The first-order chi connectivity index (χ1) is 11.9. The Labute approximate surface area is 151 Å². The van der Waals surface area contributed by atoms with E-state index in [1.165, 1.54) is 0 Å². The minimum absolute atomic E-state index is 0.0746. The highest BCUT2D eigenvalue weighted by Gasteiger charge is 2.36. The molecule has 3 rings (SSSR count). The summed E-state index contributed by atoms with van der Waals surface area (Å²) in [4.78, 5) is 12.6. The van der Waals surface area contributed by atoms with Gasteiger partial charge in [0.25, 0.3) is 10.2 Å². The molecule has 6 heteroatoms. The van der Waals surface area contributed by atoms with E-state index >= 15 is 0 Å². The quantitative estimate of drug-likeness (QED) is 0.772. The zero-order chi connectivity index (χ0) is 18.0. The SMILES string of the molecule is Cc1ccc(C(=O)C2CCN(S(=O)(=O)N3CCC[C@H](C)C3)CC2)cc1. The van der Waals surface area contributed by atoms with E-state index in [4.69, 9.17) is 0 Å². The Morgan fingerprint density at radius 2 is 1.64 bits per heavy atom. The smallest absolute Gasteiger partial charge is 0.281 e. The predicted molar refractivity (Wildman–Crippen MR) is 98.7 cm³/mol. The van der Waals surface area contributed by atoms with Crippen LogP contribution in [-0.2, 0) is 10.2 Å². The molecule has 2 aliphatic heterocycles. The summed E-state index contributed by atoms with van der Waals surface area (Å²) in [5, 5.41) is 0. The lowest BCUT2D eigenvalue weighted by Crippen LogP contribution is -2.50. The third-order valence-electron chi connectivity index (χ3n) is 5.43. The first-order valence-corrected chi connectivity index (χ1v) is 10.6. The monoisotopic (exact) mass is 364 g/mol. The van der Waals surface area contributed by atoms with Crippen LogP contribution in [0.4, 0.5) is 0 Å². The van der Waals surface area contributed by atoms with Crippen molar-refractivity contribution < 1.29 is 13.2 Å². The number of aryl methyl sites for hydroxylation is 1. The van der Waals surface area contributed by atoms with Crippen LogP contribution in [0.1, 0.15) is 48.5 Å². The third-order valence-corrected chi connectivity index (χ3v) is 7.44. The van der Waals surface area contributed by atoms with Gasteiger partial charge in [-0.3, -0.25) is 4.79 Å². The van der Waals surface area contributed by atoms with E-state index in [1.807, 2.05) is 31.2 Å². The number of rotatable bonds is 4. The first-order valence-electron chi connectivity index (χ1n) is 9.24. The molecule has 25 heavy (non-hydrogen) atoms. The number of nitrogens with zero attached hydrogens (tertiary/aromatic N) is 2. The highest BCUT2D eigenvalue weighted by molar-refractivity contribution is 7.86. The van der Waals surface area contributed by atoms with Gasteiger partial charge in [-0.25, -0.2) is 0 Å². The molecular formula is C19H28N2O3S.